The van der Waals surface area contributed by atoms with Crippen LogP contribution in [0.2, 0.25) is 0 Å². The molecule has 0 saturated heterocycles. The normalized spacial score (nSPS) is 10.9. The Morgan fingerprint density at radius 1 is 1.10 bits per heavy atom. The van der Waals surface area contributed by atoms with Gasteiger partial charge in [-0.05, 0) is 92.1 Å². The average Bonchev–Trinajstić information content (AvgIpc) is 2.73. The van der Waals surface area contributed by atoms with Crippen LogP contribution in [0.1, 0.15) is 11.1 Å². The first kappa shape index (κ1) is 21.1. The highest BCUT2D eigenvalue weighted by atomic mass is 127. The molecule has 144 valence electrons. The van der Waals surface area contributed by atoms with Gasteiger partial charge in [0.2, 0.25) is 0 Å². The number of rotatable bonds is 6. The van der Waals surface area contributed by atoms with Crippen molar-refractivity contribution in [2.24, 2.45) is 0 Å². The van der Waals surface area contributed by atoms with E-state index in [1.807, 2.05) is 60.7 Å². The van der Waals surface area contributed by atoms with Crippen molar-refractivity contribution < 1.29 is 9.53 Å². The second kappa shape index (κ2) is 10.2. The molecular weight excluding hydrogens is 543 g/mol. The Balaban J connectivity index is 1.70. The molecule has 0 heterocycles. The molecule has 0 fully saturated rings. The minimum absolute atomic E-state index is 0.0216. The van der Waals surface area contributed by atoms with E-state index in [2.05, 4.69) is 43.8 Å². The maximum atomic E-state index is 12.3. The van der Waals surface area contributed by atoms with Crippen molar-refractivity contribution in [2.45, 2.75) is 6.61 Å². The van der Waals surface area contributed by atoms with E-state index in [1.165, 1.54) is 3.57 Å². The molecule has 29 heavy (non-hydrogen) atoms. The number of para-hydroxylation sites is 1. The van der Waals surface area contributed by atoms with Gasteiger partial charge >= 0.3 is 0 Å². The summed E-state index contributed by atoms with van der Waals surface area (Å²) in [4.78, 5) is 12.3. The summed E-state index contributed by atoms with van der Waals surface area (Å²) in [6.45, 7) is 0.452. The van der Waals surface area contributed by atoms with E-state index in [4.69, 9.17) is 4.74 Å². The van der Waals surface area contributed by atoms with Crippen molar-refractivity contribution in [3.63, 3.8) is 0 Å². The highest BCUT2D eigenvalue weighted by Crippen LogP contribution is 2.28. The Morgan fingerprint density at radius 3 is 2.48 bits per heavy atom. The fourth-order valence-corrected chi connectivity index (χ4v) is 3.37. The van der Waals surface area contributed by atoms with Gasteiger partial charge in [-0.15, -0.1) is 0 Å². The molecule has 3 aromatic carbocycles. The van der Waals surface area contributed by atoms with E-state index < -0.39 is 5.91 Å². The number of amides is 1. The first-order chi connectivity index (χ1) is 14.0. The molecule has 0 aromatic heterocycles. The van der Waals surface area contributed by atoms with Gasteiger partial charge in [0.15, 0.2) is 0 Å². The summed E-state index contributed by atoms with van der Waals surface area (Å²) in [7, 11) is 0. The summed E-state index contributed by atoms with van der Waals surface area (Å²) in [5.41, 5.74) is 2.45. The van der Waals surface area contributed by atoms with Crippen LogP contribution in [0.4, 0.5) is 5.69 Å². The molecule has 0 aliphatic rings. The summed E-state index contributed by atoms with van der Waals surface area (Å²) in [5, 5.41) is 12.1. The molecular formula is C23H16BrIN2O2. The number of carbonyl (C=O) groups is 1. The number of hydrogen-bond donors (Lipinski definition) is 1. The molecule has 0 unspecified atom stereocenters. The van der Waals surface area contributed by atoms with Crippen LogP contribution in [0.15, 0.2) is 82.8 Å². The van der Waals surface area contributed by atoms with Crippen LogP contribution in [-0.2, 0) is 11.4 Å². The third kappa shape index (κ3) is 6.17. The van der Waals surface area contributed by atoms with Crippen molar-refractivity contribution >= 4 is 56.2 Å². The molecule has 6 heteroatoms. The molecule has 1 N–H and O–H groups in total. The monoisotopic (exact) mass is 558 g/mol. The molecule has 1 amide bonds. The Hall–Kier alpha value is -2.63. The minimum Gasteiger partial charge on any atom is -0.488 e. The van der Waals surface area contributed by atoms with E-state index >= 15 is 0 Å². The number of nitrogens with one attached hydrogen (secondary N) is 1. The van der Waals surface area contributed by atoms with Crippen LogP contribution >= 0.6 is 38.5 Å². The minimum atomic E-state index is -0.450. The van der Waals surface area contributed by atoms with Gasteiger partial charge in [-0.3, -0.25) is 4.79 Å². The van der Waals surface area contributed by atoms with Gasteiger partial charge in [0.1, 0.15) is 24.0 Å². The molecule has 0 aliphatic heterocycles. The summed E-state index contributed by atoms with van der Waals surface area (Å²) < 4.78 is 7.78. The van der Waals surface area contributed by atoms with Crippen LogP contribution in [0, 0.1) is 14.9 Å². The lowest BCUT2D eigenvalue weighted by molar-refractivity contribution is -0.112. The first-order valence-corrected chi connectivity index (χ1v) is 10.6. The third-order valence-corrected chi connectivity index (χ3v) is 5.31. The smallest absolute Gasteiger partial charge is 0.266 e. The molecule has 0 bridgehead atoms. The molecule has 3 aromatic rings. The summed E-state index contributed by atoms with van der Waals surface area (Å²) in [6.07, 6.45) is 1.55. The Labute approximate surface area is 191 Å². The number of carbonyl (C=O) groups excluding carboxylic acids is 1. The lowest BCUT2D eigenvalue weighted by Crippen LogP contribution is -2.13. The van der Waals surface area contributed by atoms with Gasteiger partial charge in [-0.1, -0.05) is 36.4 Å². The highest BCUT2D eigenvalue weighted by molar-refractivity contribution is 14.1. The number of benzene rings is 3. The zero-order valence-corrected chi connectivity index (χ0v) is 19.0. The van der Waals surface area contributed by atoms with Crippen molar-refractivity contribution in [3.05, 3.63) is 97.5 Å². The van der Waals surface area contributed by atoms with Gasteiger partial charge in [-0.2, -0.15) is 5.26 Å². The predicted molar refractivity (Wildman–Crippen MR) is 126 cm³/mol. The van der Waals surface area contributed by atoms with Crippen LogP contribution in [0.5, 0.6) is 5.75 Å². The van der Waals surface area contributed by atoms with E-state index in [-0.39, 0.29) is 5.57 Å². The molecule has 0 aliphatic carbocycles. The number of nitriles is 1. The summed E-state index contributed by atoms with van der Waals surface area (Å²) in [6, 6.07) is 24.5. The molecule has 0 saturated carbocycles. The maximum absolute atomic E-state index is 12.3. The lowest BCUT2D eigenvalue weighted by atomic mass is 10.1. The average molecular weight is 559 g/mol. The number of hydrogen-bond acceptors (Lipinski definition) is 3. The molecule has 0 atom stereocenters. The van der Waals surface area contributed by atoms with Gasteiger partial charge < -0.3 is 10.1 Å². The zero-order chi connectivity index (χ0) is 20.6. The van der Waals surface area contributed by atoms with Gasteiger partial charge in [0.05, 0.1) is 4.47 Å². The van der Waals surface area contributed by atoms with Crippen LogP contribution in [0.3, 0.4) is 0 Å². The number of nitrogens with zero attached hydrogens (tertiary/aromatic N) is 1. The van der Waals surface area contributed by atoms with E-state index in [1.54, 1.807) is 24.3 Å². The standard InChI is InChI=1S/C23H16BrIN2O2/c24-21-13-17(8-11-22(21)29-15-16-6-9-19(25)10-7-16)12-18(14-26)23(28)27-20-4-2-1-3-5-20/h1-13H,15H2,(H,27,28)/b18-12-. The molecule has 3 rings (SSSR count). The Bertz CT molecular complexity index is 1070. The van der Waals surface area contributed by atoms with Crippen LogP contribution < -0.4 is 10.1 Å². The van der Waals surface area contributed by atoms with Crippen LogP contribution in [-0.4, -0.2) is 5.91 Å². The van der Waals surface area contributed by atoms with Gasteiger partial charge in [-0.25, -0.2) is 0 Å². The van der Waals surface area contributed by atoms with E-state index in [0.29, 0.717) is 18.0 Å². The van der Waals surface area contributed by atoms with Crippen molar-refractivity contribution in [3.8, 4) is 11.8 Å². The fraction of sp³-hybridized carbons (Fsp3) is 0.0435. The van der Waals surface area contributed by atoms with Crippen molar-refractivity contribution in [2.75, 3.05) is 5.32 Å². The second-order valence-corrected chi connectivity index (χ2v) is 8.19. The molecule has 0 spiro atoms. The summed E-state index contributed by atoms with van der Waals surface area (Å²) >= 11 is 5.76. The van der Waals surface area contributed by atoms with E-state index in [0.717, 1.165) is 15.6 Å². The number of ether oxygens (including phenoxy) is 1. The van der Waals surface area contributed by atoms with E-state index in [9.17, 15) is 10.1 Å². The SMILES string of the molecule is N#C/C(=C/c1ccc(OCc2ccc(I)cc2)c(Br)c1)C(=O)Nc1ccccc1. The van der Waals surface area contributed by atoms with Gasteiger partial charge in [0.25, 0.3) is 5.91 Å². The summed E-state index contributed by atoms with van der Waals surface area (Å²) in [5.74, 6) is 0.238. The number of halogens is 2. The van der Waals surface area contributed by atoms with Crippen LogP contribution in [0.25, 0.3) is 6.08 Å². The second-order valence-electron chi connectivity index (χ2n) is 6.09. The predicted octanol–water partition coefficient (Wildman–Crippen LogP) is 6.18. The highest BCUT2D eigenvalue weighted by Gasteiger charge is 2.10. The zero-order valence-electron chi connectivity index (χ0n) is 15.2. The molecule has 4 nitrogen and oxygen atoms in total. The first-order valence-electron chi connectivity index (χ1n) is 8.70. The Morgan fingerprint density at radius 2 is 1.83 bits per heavy atom. The van der Waals surface area contributed by atoms with Gasteiger partial charge in [0, 0.05) is 9.26 Å². The maximum Gasteiger partial charge on any atom is 0.266 e. The molecule has 0 radical (unpaired) electrons. The lowest BCUT2D eigenvalue weighted by Gasteiger charge is -2.09. The Kier molecular flexibility index (Phi) is 7.44. The van der Waals surface area contributed by atoms with Crippen molar-refractivity contribution in [1.29, 1.82) is 5.26 Å². The van der Waals surface area contributed by atoms with Crippen molar-refractivity contribution in [1.82, 2.24) is 0 Å². The largest absolute Gasteiger partial charge is 0.488 e. The number of anilines is 1. The topological polar surface area (TPSA) is 62.1 Å². The third-order valence-electron chi connectivity index (χ3n) is 3.97. The fourth-order valence-electron chi connectivity index (χ4n) is 2.50. The quantitative estimate of drug-likeness (QED) is 0.223.